The van der Waals surface area contributed by atoms with Gasteiger partial charge in [0.2, 0.25) is 5.91 Å². The lowest BCUT2D eigenvalue weighted by Crippen LogP contribution is -2.46. The number of likely N-dealkylation sites (tertiary alicyclic amines) is 1. The normalized spacial score (nSPS) is 16.0. The van der Waals surface area contributed by atoms with E-state index in [1.165, 1.54) is 12.1 Å². The van der Waals surface area contributed by atoms with Crippen LogP contribution in [0.25, 0.3) is 0 Å². The van der Waals surface area contributed by atoms with Crippen molar-refractivity contribution in [1.82, 2.24) is 15.5 Å². The minimum absolute atomic E-state index is 0.0533. The van der Waals surface area contributed by atoms with E-state index in [9.17, 15) is 14.0 Å². The molecule has 7 heteroatoms. The smallest absolute Gasteiger partial charge is 0.317 e. The van der Waals surface area contributed by atoms with Gasteiger partial charge < -0.3 is 20.0 Å². The zero-order valence-corrected chi connectivity index (χ0v) is 15.3. The van der Waals surface area contributed by atoms with Crippen molar-refractivity contribution in [3.8, 4) is 0 Å². The van der Waals surface area contributed by atoms with Crippen LogP contribution < -0.4 is 10.6 Å². The molecule has 1 aliphatic heterocycles. The molecule has 1 aromatic carbocycles. The highest BCUT2D eigenvalue weighted by atomic mass is 19.1. The van der Waals surface area contributed by atoms with Crippen LogP contribution in [0.3, 0.4) is 0 Å². The molecule has 1 saturated heterocycles. The van der Waals surface area contributed by atoms with E-state index >= 15 is 0 Å². The molecule has 3 amide bonds. The summed E-state index contributed by atoms with van der Waals surface area (Å²) < 4.78 is 18.5. The largest absolute Gasteiger partial charge is 0.467 e. The molecule has 27 heavy (non-hydrogen) atoms. The number of carbonyl (C=O) groups excluding carboxylic acids is 2. The summed E-state index contributed by atoms with van der Waals surface area (Å²) in [4.78, 5) is 26.4. The van der Waals surface area contributed by atoms with Gasteiger partial charge in [-0.3, -0.25) is 4.79 Å². The van der Waals surface area contributed by atoms with Crippen molar-refractivity contribution in [1.29, 1.82) is 0 Å². The van der Waals surface area contributed by atoms with Gasteiger partial charge in [0.05, 0.1) is 18.8 Å². The van der Waals surface area contributed by atoms with Gasteiger partial charge in [0.25, 0.3) is 0 Å². The van der Waals surface area contributed by atoms with Crippen LogP contribution in [0.15, 0.2) is 47.1 Å². The third kappa shape index (κ3) is 5.09. The Kier molecular flexibility index (Phi) is 6.11. The Labute approximate surface area is 157 Å². The zero-order valence-electron chi connectivity index (χ0n) is 15.3. The lowest BCUT2D eigenvalue weighted by molar-refractivity contribution is -0.126. The monoisotopic (exact) mass is 373 g/mol. The number of carbonyl (C=O) groups is 2. The van der Waals surface area contributed by atoms with E-state index in [2.05, 4.69) is 10.6 Å². The fraction of sp³-hybridized carbons (Fsp3) is 0.400. The van der Waals surface area contributed by atoms with E-state index in [-0.39, 0.29) is 29.7 Å². The molecule has 0 radical (unpaired) electrons. The first-order valence-electron chi connectivity index (χ1n) is 9.14. The number of hydrogen-bond donors (Lipinski definition) is 2. The minimum atomic E-state index is -0.317. The van der Waals surface area contributed by atoms with Gasteiger partial charge in [-0.25, -0.2) is 9.18 Å². The van der Waals surface area contributed by atoms with Gasteiger partial charge >= 0.3 is 6.03 Å². The van der Waals surface area contributed by atoms with Gasteiger partial charge in [-0.1, -0.05) is 12.1 Å². The van der Waals surface area contributed by atoms with Crippen LogP contribution in [0.4, 0.5) is 9.18 Å². The van der Waals surface area contributed by atoms with Crippen molar-refractivity contribution in [2.75, 3.05) is 13.1 Å². The molecule has 6 nitrogen and oxygen atoms in total. The van der Waals surface area contributed by atoms with Crippen molar-refractivity contribution in [2.24, 2.45) is 5.92 Å². The van der Waals surface area contributed by atoms with E-state index in [1.54, 1.807) is 35.4 Å². The maximum atomic E-state index is 13.3. The molecule has 1 fully saturated rings. The van der Waals surface area contributed by atoms with E-state index in [0.29, 0.717) is 38.2 Å². The predicted molar refractivity (Wildman–Crippen MR) is 98.2 cm³/mol. The Hall–Kier alpha value is -2.83. The molecule has 1 atom stereocenters. The maximum absolute atomic E-state index is 13.3. The zero-order chi connectivity index (χ0) is 19.2. The summed E-state index contributed by atoms with van der Waals surface area (Å²) in [5.41, 5.74) is 0.734. The van der Waals surface area contributed by atoms with Crippen molar-refractivity contribution in [3.05, 3.63) is 59.8 Å². The van der Waals surface area contributed by atoms with Crippen LogP contribution in [0.1, 0.15) is 37.1 Å². The Morgan fingerprint density at radius 1 is 1.26 bits per heavy atom. The number of benzene rings is 1. The van der Waals surface area contributed by atoms with Crippen LogP contribution in [0.2, 0.25) is 0 Å². The highest BCUT2D eigenvalue weighted by molar-refractivity contribution is 5.80. The van der Waals surface area contributed by atoms with Gasteiger partial charge in [0, 0.05) is 19.0 Å². The van der Waals surface area contributed by atoms with Gasteiger partial charge in [-0.15, -0.1) is 0 Å². The quantitative estimate of drug-likeness (QED) is 0.845. The molecule has 0 aliphatic carbocycles. The van der Waals surface area contributed by atoms with Crippen molar-refractivity contribution in [2.45, 2.75) is 32.4 Å². The van der Waals surface area contributed by atoms with Gasteiger partial charge in [-0.2, -0.15) is 0 Å². The van der Waals surface area contributed by atoms with E-state index < -0.39 is 0 Å². The number of piperidine rings is 1. The fourth-order valence-corrected chi connectivity index (χ4v) is 3.22. The van der Waals surface area contributed by atoms with Crippen LogP contribution in [0, 0.1) is 11.7 Å². The molecule has 1 aromatic heterocycles. The molecule has 0 spiro atoms. The first-order chi connectivity index (χ1) is 13.0. The molecular weight excluding hydrogens is 349 g/mol. The molecule has 2 N–H and O–H groups in total. The average Bonchev–Trinajstić information content (AvgIpc) is 3.20. The molecule has 1 aliphatic rings. The summed E-state index contributed by atoms with van der Waals surface area (Å²) in [5, 5.41) is 5.76. The molecular formula is C20H24FN3O3. The second kappa shape index (κ2) is 8.70. The van der Waals surface area contributed by atoms with Gasteiger partial charge in [0.1, 0.15) is 11.6 Å². The number of amides is 3. The number of rotatable bonds is 5. The Bertz CT molecular complexity index is 771. The first-order valence-corrected chi connectivity index (χ1v) is 9.14. The lowest BCUT2D eigenvalue weighted by Gasteiger charge is -2.32. The van der Waals surface area contributed by atoms with Crippen LogP contribution >= 0.6 is 0 Å². The van der Waals surface area contributed by atoms with Crippen LogP contribution in [0.5, 0.6) is 0 Å². The molecule has 0 unspecified atom stereocenters. The number of nitrogens with one attached hydrogen (secondary N) is 2. The topological polar surface area (TPSA) is 74.6 Å². The van der Waals surface area contributed by atoms with Gasteiger partial charge in [-0.05, 0) is 49.6 Å². The Morgan fingerprint density at radius 3 is 2.70 bits per heavy atom. The number of hydrogen-bond acceptors (Lipinski definition) is 3. The summed E-state index contributed by atoms with van der Waals surface area (Å²) in [7, 11) is 0. The number of nitrogens with zero attached hydrogens (tertiary/aromatic N) is 1. The summed E-state index contributed by atoms with van der Waals surface area (Å²) in [6, 6.07) is 9.39. The van der Waals surface area contributed by atoms with Gasteiger partial charge in [0.15, 0.2) is 0 Å². The molecule has 0 saturated carbocycles. The van der Waals surface area contributed by atoms with E-state index in [0.717, 1.165) is 5.56 Å². The summed E-state index contributed by atoms with van der Waals surface area (Å²) in [5.74, 6) is 0.184. The second-order valence-corrected chi connectivity index (χ2v) is 6.78. The van der Waals surface area contributed by atoms with Crippen molar-refractivity contribution in [3.63, 3.8) is 0 Å². The third-order valence-corrected chi connectivity index (χ3v) is 4.85. The Morgan fingerprint density at radius 2 is 2.04 bits per heavy atom. The summed E-state index contributed by atoms with van der Waals surface area (Å²) in [6.07, 6.45) is 2.78. The highest BCUT2D eigenvalue weighted by Crippen LogP contribution is 2.20. The molecule has 3 rings (SSSR count). The minimum Gasteiger partial charge on any atom is -0.467 e. The second-order valence-electron chi connectivity index (χ2n) is 6.78. The number of halogens is 1. The predicted octanol–water partition coefficient (Wildman–Crippen LogP) is 3.22. The first kappa shape index (κ1) is 18.9. The molecule has 144 valence electrons. The van der Waals surface area contributed by atoms with E-state index in [1.807, 2.05) is 6.92 Å². The summed E-state index contributed by atoms with van der Waals surface area (Å²) in [6.45, 7) is 3.23. The number of urea groups is 1. The Balaban J connectivity index is 1.44. The van der Waals surface area contributed by atoms with Crippen molar-refractivity contribution >= 4 is 11.9 Å². The fourth-order valence-electron chi connectivity index (χ4n) is 3.22. The van der Waals surface area contributed by atoms with Crippen LogP contribution in [-0.2, 0) is 11.3 Å². The highest BCUT2D eigenvalue weighted by Gasteiger charge is 2.28. The molecule has 2 heterocycles. The molecule has 0 bridgehead atoms. The van der Waals surface area contributed by atoms with Crippen LogP contribution in [-0.4, -0.2) is 29.9 Å². The maximum Gasteiger partial charge on any atom is 0.317 e. The average molecular weight is 373 g/mol. The number of furan rings is 1. The van der Waals surface area contributed by atoms with Crippen molar-refractivity contribution < 1.29 is 18.4 Å². The molecule has 2 aromatic rings. The lowest BCUT2D eigenvalue weighted by atomic mass is 9.95. The van der Waals surface area contributed by atoms with E-state index in [4.69, 9.17) is 4.42 Å². The SMILES string of the molecule is C[C@H](NC(=O)C1CCN(C(=O)NCc2ccco2)CC1)c1cccc(F)c1. The summed E-state index contributed by atoms with van der Waals surface area (Å²) >= 11 is 0. The third-order valence-electron chi connectivity index (χ3n) is 4.85. The standard InChI is InChI=1S/C20H24FN3O3/c1-14(16-4-2-5-17(21)12-16)23-19(25)15-7-9-24(10-8-15)20(26)22-13-18-6-3-11-27-18/h2-6,11-12,14-15H,7-10,13H2,1H3,(H,22,26)(H,23,25)/t14-/m0/s1.